The van der Waals surface area contributed by atoms with Crippen LogP contribution in [0.5, 0.6) is 0 Å². The Morgan fingerprint density at radius 1 is 0.967 bits per heavy atom. The van der Waals surface area contributed by atoms with Crippen LogP contribution in [0.15, 0.2) is 55.1 Å². The Hall–Kier alpha value is -1.68. The highest BCUT2D eigenvalue weighted by molar-refractivity contribution is 6.30. The largest absolute Gasteiger partial charge is 0.352 e. The summed E-state index contributed by atoms with van der Waals surface area (Å²) in [6.07, 6.45) is 8.64. The molecule has 1 heterocycles. The highest BCUT2D eigenvalue weighted by Crippen LogP contribution is 2.39. The molecule has 0 bridgehead atoms. The van der Waals surface area contributed by atoms with Crippen LogP contribution >= 0.6 is 11.6 Å². The highest BCUT2D eigenvalue weighted by Gasteiger charge is 2.32. The lowest BCUT2D eigenvalue weighted by Gasteiger charge is -2.37. The molecule has 4 heteroatoms. The Morgan fingerprint density at radius 3 is 2.27 bits per heavy atom. The van der Waals surface area contributed by atoms with Gasteiger partial charge in [0, 0.05) is 11.8 Å². The molecule has 1 saturated heterocycles. The van der Waals surface area contributed by atoms with Gasteiger partial charge in [-0.15, -0.1) is 6.58 Å². The van der Waals surface area contributed by atoms with Crippen molar-refractivity contribution in [3.63, 3.8) is 0 Å². The Balaban J connectivity index is 1.29. The van der Waals surface area contributed by atoms with E-state index in [0.29, 0.717) is 17.8 Å². The monoisotopic (exact) mass is 428 g/mol. The van der Waals surface area contributed by atoms with Gasteiger partial charge in [0.05, 0.1) is 18.2 Å². The third-order valence-electron chi connectivity index (χ3n) is 6.56. The van der Waals surface area contributed by atoms with Crippen LogP contribution in [0.3, 0.4) is 0 Å². The van der Waals surface area contributed by atoms with E-state index in [1.165, 1.54) is 11.6 Å². The molecule has 2 aromatic carbocycles. The molecule has 2 aliphatic rings. The Labute approximate surface area is 184 Å². The fourth-order valence-corrected chi connectivity index (χ4v) is 4.82. The summed E-state index contributed by atoms with van der Waals surface area (Å²) in [5.41, 5.74) is 3.23. The quantitative estimate of drug-likeness (QED) is 0.447. The predicted octanol–water partition coefficient (Wildman–Crippen LogP) is 7.38. The van der Waals surface area contributed by atoms with Crippen molar-refractivity contribution in [1.82, 2.24) is 0 Å². The second-order valence-electron chi connectivity index (χ2n) is 8.63. The molecule has 1 aliphatic carbocycles. The molecular formula is C26H30ClFO2. The summed E-state index contributed by atoms with van der Waals surface area (Å²) in [7, 11) is 0. The molecule has 2 nitrogen and oxygen atoms in total. The molecule has 0 atom stereocenters. The first-order valence-electron chi connectivity index (χ1n) is 11.0. The zero-order valence-corrected chi connectivity index (χ0v) is 18.1. The molecule has 1 aliphatic heterocycles. The molecule has 0 amide bonds. The number of benzene rings is 2. The molecule has 0 aromatic heterocycles. The average Bonchev–Trinajstić information content (AvgIpc) is 2.80. The van der Waals surface area contributed by atoms with Crippen molar-refractivity contribution in [3.05, 3.63) is 71.5 Å². The van der Waals surface area contributed by atoms with Crippen LogP contribution in [0.25, 0.3) is 11.1 Å². The van der Waals surface area contributed by atoms with Gasteiger partial charge in [0.15, 0.2) is 6.29 Å². The van der Waals surface area contributed by atoms with Crippen LogP contribution in [0.4, 0.5) is 4.39 Å². The van der Waals surface area contributed by atoms with Crippen molar-refractivity contribution in [2.75, 3.05) is 13.2 Å². The fraction of sp³-hybridized carbons (Fsp3) is 0.462. The third kappa shape index (κ3) is 5.14. The molecule has 0 radical (unpaired) electrons. The van der Waals surface area contributed by atoms with Gasteiger partial charge in [-0.05, 0) is 73.3 Å². The number of allylic oxidation sites excluding steroid dienone is 1. The molecule has 0 spiro atoms. The molecule has 0 unspecified atom stereocenters. The van der Waals surface area contributed by atoms with E-state index < -0.39 is 0 Å². The van der Waals surface area contributed by atoms with Crippen molar-refractivity contribution in [2.45, 2.75) is 50.7 Å². The minimum absolute atomic E-state index is 0.0342. The van der Waals surface area contributed by atoms with Crippen LogP contribution < -0.4 is 0 Å². The topological polar surface area (TPSA) is 18.5 Å². The lowest BCUT2D eigenvalue weighted by Crippen LogP contribution is -2.38. The van der Waals surface area contributed by atoms with Crippen LogP contribution in [0.1, 0.15) is 50.0 Å². The minimum Gasteiger partial charge on any atom is -0.352 e. The first-order valence-corrected chi connectivity index (χ1v) is 11.4. The number of ether oxygens (including phenoxy) is 2. The van der Waals surface area contributed by atoms with Crippen molar-refractivity contribution in [3.8, 4) is 11.1 Å². The first-order chi connectivity index (χ1) is 14.6. The van der Waals surface area contributed by atoms with E-state index in [4.69, 9.17) is 21.1 Å². The minimum atomic E-state index is -0.379. The second-order valence-corrected chi connectivity index (χ2v) is 9.04. The Morgan fingerprint density at radius 2 is 1.63 bits per heavy atom. The number of halogens is 2. The van der Waals surface area contributed by atoms with Gasteiger partial charge in [-0.3, -0.25) is 0 Å². The first kappa shape index (κ1) is 21.5. The van der Waals surface area contributed by atoms with Gasteiger partial charge in [-0.2, -0.15) is 0 Å². The number of rotatable bonds is 6. The molecule has 160 valence electrons. The maximum Gasteiger partial charge on any atom is 0.160 e. The van der Waals surface area contributed by atoms with Crippen molar-refractivity contribution in [1.29, 1.82) is 0 Å². The maximum absolute atomic E-state index is 13.7. The zero-order chi connectivity index (χ0) is 20.9. The molecule has 0 N–H and O–H groups in total. The number of hydrogen-bond donors (Lipinski definition) is 0. The summed E-state index contributed by atoms with van der Waals surface area (Å²) in [4.78, 5) is 0. The van der Waals surface area contributed by atoms with E-state index in [-0.39, 0.29) is 17.1 Å². The van der Waals surface area contributed by atoms with Gasteiger partial charge < -0.3 is 9.47 Å². The normalized spacial score (nSPS) is 27.0. The Kier molecular flexibility index (Phi) is 7.24. The van der Waals surface area contributed by atoms with Crippen molar-refractivity contribution >= 4 is 11.6 Å². The standard InChI is InChI=1S/C26H30ClFO2/c1-2-3-4-18-16-29-26(30-17-18)22-11-9-20(10-12-22)19-5-7-21(8-6-19)23-13-14-24(27)25(28)15-23/h2,5-8,13-15,18,20,22,26H,1,3-4,9-12,16-17H2. The van der Waals surface area contributed by atoms with E-state index in [2.05, 4.69) is 30.8 Å². The van der Waals surface area contributed by atoms with Crippen LogP contribution in [0, 0.1) is 17.7 Å². The molecule has 4 rings (SSSR count). The summed E-state index contributed by atoms with van der Waals surface area (Å²) < 4.78 is 25.9. The fourth-order valence-electron chi connectivity index (χ4n) is 4.70. The zero-order valence-electron chi connectivity index (χ0n) is 17.4. The lowest BCUT2D eigenvalue weighted by atomic mass is 9.78. The van der Waals surface area contributed by atoms with Gasteiger partial charge in [-0.1, -0.05) is 48.0 Å². The smallest absolute Gasteiger partial charge is 0.160 e. The molecular weight excluding hydrogens is 399 g/mol. The van der Waals surface area contributed by atoms with Crippen molar-refractivity contribution in [2.24, 2.45) is 11.8 Å². The van der Waals surface area contributed by atoms with E-state index in [1.807, 2.05) is 12.1 Å². The average molecular weight is 429 g/mol. The van der Waals surface area contributed by atoms with E-state index in [9.17, 15) is 4.39 Å². The molecule has 30 heavy (non-hydrogen) atoms. The van der Waals surface area contributed by atoms with Gasteiger partial charge in [-0.25, -0.2) is 4.39 Å². The lowest BCUT2D eigenvalue weighted by molar-refractivity contribution is -0.229. The van der Waals surface area contributed by atoms with Crippen LogP contribution in [0.2, 0.25) is 5.02 Å². The predicted molar refractivity (Wildman–Crippen MR) is 120 cm³/mol. The van der Waals surface area contributed by atoms with Gasteiger partial charge in [0.1, 0.15) is 5.82 Å². The summed E-state index contributed by atoms with van der Waals surface area (Å²) in [6.45, 7) is 5.41. The third-order valence-corrected chi connectivity index (χ3v) is 6.87. The van der Waals surface area contributed by atoms with E-state index >= 15 is 0 Å². The summed E-state index contributed by atoms with van der Waals surface area (Å²) in [6, 6.07) is 13.5. The number of hydrogen-bond acceptors (Lipinski definition) is 2. The van der Waals surface area contributed by atoms with Gasteiger partial charge in [0.25, 0.3) is 0 Å². The van der Waals surface area contributed by atoms with Crippen LogP contribution in [-0.2, 0) is 9.47 Å². The molecule has 1 saturated carbocycles. The van der Waals surface area contributed by atoms with Crippen molar-refractivity contribution < 1.29 is 13.9 Å². The second kappa shape index (κ2) is 10.1. The van der Waals surface area contributed by atoms with Gasteiger partial charge >= 0.3 is 0 Å². The van der Waals surface area contributed by atoms with Gasteiger partial charge in [0.2, 0.25) is 0 Å². The summed E-state index contributed by atoms with van der Waals surface area (Å²) in [5.74, 6) is 1.19. The molecule has 2 fully saturated rings. The SMILES string of the molecule is C=CCCC1COC(C2CCC(c3ccc(-c4ccc(Cl)c(F)c4)cc3)CC2)OC1. The van der Waals surface area contributed by atoms with E-state index in [1.54, 1.807) is 6.07 Å². The summed E-state index contributed by atoms with van der Waals surface area (Å²) >= 11 is 5.79. The molecule has 2 aromatic rings. The maximum atomic E-state index is 13.7. The van der Waals surface area contributed by atoms with Crippen LogP contribution in [-0.4, -0.2) is 19.5 Å². The highest BCUT2D eigenvalue weighted by atomic mass is 35.5. The Bertz CT molecular complexity index is 835. The summed E-state index contributed by atoms with van der Waals surface area (Å²) in [5, 5.41) is 0.158. The van der Waals surface area contributed by atoms with E-state index in [0.717, 1.165) is 62.9 Å².